The molecule has 4 nitrogen and oxygen atoms in total. The van der Waals surface area contributed by atoms with Gasteiger partial charge in [-0.1, -0.05) is 6.58 Å². The molecule has 0 saturated carbocycles. The van der Waals surface area contributed by atoms with Crippen LogP contribution in [0.4, 0.5) is 0 Å². The lowest BCUT2D eigenvalue weighted by atomic mass is 10.3. The normalized spacial score (nSPS) is 11.5. The molecule has 0 saturated heterocycles. The first-order valence-electron chi connectivity index (χ1n) is 3.63. The zero-order chi connectivity index (χ0) is 9.56. The van der Waals surface area contributed by atoms with Crippen molar-refractivity contribution in [3.8, 4) is 0 Å². The second kappa shape index (κ2) is 5.35. The van der Waals surface area contributed by atoms with Gasteiger partial charge in [0.05, 0.1) is 6.61 Å². The van der Waals surface area contributed by atoms with Crippen molar-refractivity contribution < 1.29 is 14.3 Å². The summed E-state index contributed by atoms with van der Waals surface area (Å²) in [6.45, 7) is 5.39. The van der Waals surface area contributed by atoms with E-state index in [1.54, 1.807) is 14.0 Å². The van der Waals surface area contributed by atoms with Crippen LogP contribution in [-0.4, -0.2) is 36.9 Å². The van der Waals surface area contributed by atoms with Crippen LogP contribution in [0.3, 0.4) is 0 Å². The zero-order valence-electron chi connectivity index (χ0n) is 7.32. The van der Waals surface area contributed by atoms with Crippen molar-refractivity contribution in [3.05, 3.63) is 12.8 Å². The lowest BCUT2D eigenvalue weighted by Crippen LogP contribution is -2.37. The van der Waals surface area contributed by atoms with Crippen molar-refractivity contribution >= 4 is 12.3 Å². The Balaban J connectivity index is 4.22. The lowest BCUT2D eigenvalue weighted by molar-refractivity contribution is -0.149. The maximum absolute atomic E-state index is 11.0. The van der Waals surface area contributed by atoms with Crippen molar-refractivity contribution in [1.82, 2.24) is 4.90 Å². The van der Waals surface area contributed by atoms with Gasteiger partial charge in [-0.3, -0.25) is 0 Å². The number of carbonyl (C=O) groups is 2. The van der Waals surface area contributed by atoms with Crippen molar-refractivity contribution in [2.24, 2.45) is 0 Å². The summed E-state index contributed by atoms with van der Waals surface area (Å²) >= 11 is 0. The van der Waals surface area contributed by atoms with Gasteiger partial charge in [0.25, 0.3) is 0 Å². The van der Waals surface area contributed by atoms with E-state index >= 15 is 0 Å². The summed E-state index contributed by atoms with van der Waals surface area (Å²) in [5.74, 6) is -0.546. The third kappa shape index (κ3) is 2.74. The van der Waals surface area contributed by atoms with Crippen molar-refractivity contribution in [2.75, 3.05) is 13.7 Å². The van der Waals surface area contributed by atoms with E-state index in [0.717, 1.165) is 0 Å². The fourth-order valence-corrected chi connectivity index (χ4v) is 0.659. The molecule has 0 aromatic carbocycles. The molecule has 0 aromatic heterocycles. The highest BCUT2D eigenvalue weighted by molar-refractivity contribution is 5.92. The van der Waals surface area contributed by atoms with E-state index in [1.165, 1.54) is 11.1 Å². The summed E-state index contributed by atoms with van der Waals surface area (Å²) in [4.78, 5) is 22.9. The molecule has 0 aliphatic carbocycles. The number of hydrogen-bond donors (Lipinski definition) is 0. The third-order valence-electron chi connectivity index (χ3n) is 1.38. The van der Waals surface area contributed by atoms with Crippen LogP contribution in [0.2, 0.25) is 0 Å². The lowest BCUT2D eigenvalue weighted by Gasteiger charge is -2.18. The number of aldehydes is 1. The van der Waals surface area contributed by atoms with Crippen LogP contribution in [0.15, 0.2) is 12.8 Å². The first kappa shape index (κ1) is 10.7. The van der Waals surface area contributed by atoms with Gasteiger partial charge in [0.2, 0.25) is 0 Å². The largest absolute Gasteiger partial charge is 0.464 e. The highest BCUT2D eigenvalue weighted by Crippen LogP contribution is 1.96. The molecule has 0 radical (unpaired) electrons. The quantitative estimate of drug-likeness (QED) is 0.336. The van der Waals surface area contributed by atoms with Gasteiger partial charge in [0.1, 0.15) is 0 Å². The van der Waals surface area contributed by atoms with Gasteiger partial charge in [-0.15, -0.1) is 0 Å². The highest BCUT2D eigenvalue weighted by atomic mass is 16.5. The monoisotopic (exact) mass is 171 g/mol. The summed E-state index contributed by atoms with van der Waals surface area (Å²) in [7, 11) is 1.59. The number of carbonyl (C=O) groups excluding carboxylic acids is 2. The van der Waals surface area contributed by atoms with Crippen LogP contribution >= 0.6 is 0 Å². The van der Waals surface area contributed by atoms with Crippen LogP contribution in [0.25, 0.3) is 0 Å². The Morgan fingerprint density at radius 2 is 2.33 bits per heavy atom. The molecular formula is C8H13NO3. The third-order valence-corrected chi connectivity index (χ3v) is 1.38. The molecule has 1 atom stereocenters. The van der Waals surface area contributed by atoms with Gasteiger partial charge in [-0.25, -0.2) is 4.79 Å². The summed E-state index contributed by atoms with van der Waals surface area (Å²) in [6, 6.07) is -0.873. The molecule has 0 amide bonds. The SMILES string of the molecule is C=CN(C)C(C=O)C(=O)OCC. The van der Waals surface area contributed by atoms with Crippen LogP contribution in [0.1, 0.15) is 6.92 Å². The van der Waals surface area contributed by atoms with E-state index in [9.17, 15) is 9.59 Å². The average molecular weight is 171 g/mol. The van der Waals surface area contributed by atoms with Crippen molar-refractivity contribution in [1.29, 1.82) is 0 Å². The molecule has 0 rings (SSSR count). The van der Waals surface area contributed by atoms with Gasteiger partial charge in [-0.2, -0.15) is 0 Å². The maximum atomic E-state index is 11.0. The molecular weight excluding hydrogens is 158 g/mol. The highest BCUT2D eigenvalue weighted by Gasteiger charge is 2.20. The molecule has 0 N–H and O–H groups in total. The molecule has 0 aliphatic rings. The molecule has 4 heteroatoms. The van der Waals surface area contributed by atoms with E-state index < -0.39 is 12.0 Å². The first-order valence-corrected chi connectivity index (χ1v) is 3.63. The fourth-order valence-electron chi connectivity index (χ4n) is 0.659. The van der Waals surface area contributed by atoms with Gasteiger partial charge in [0, 0.05) is 7.05 Å². The average Bonchev–Trinajstić information content (AvgIpc) is 2.06. The van der Waals surface area contributed by atoms with E-state index in [4.69, 9.17) is 0 Å². The van der Waals surface area contributed by atoms with Crippen molar-refractivity contribution in [3.63, 3.8) is 0 Å². The Labute approximate surface area is 71.8 Å². The number of esters is 1. The van der Waals surface area contributed by atoms with Gasteiger partial charge in [-0.05, 0) is 13.1 Å². The number of ether oxygens (including phenoxy) is 1. The summed E-state index contributed by atoms with van der Waals surface area (Å²) < 4.78 is 4.66. The number of hydrogen-bond acceptors (Lipinski definition) is 4. The molecule has 0 bridgehead atoms. The zero-order valence-corrected chi connectivity index (χ0v) is 7.32. The summed E-state index contributed by atoms with van der Waals surface area (Å²) in [5.41, 5.74) is 0. The minimum atomic E-state index is -0.873. The molecule has 0 spiro atoms. The second-order valence-electron chi connectivity index (χ2n) is 2.18. The topological polar surface area (TPSA) is 46.6 Å². The molecule has 12 heavy (non-hydrogen) atoms. The summed E-state index contributed by atoms with van der Waals surface area (Å²) in [5, 5.41) is 0. The molecule has 68 valence electrons. The van der Waals surface area contributed by atoms with E-state index in [0.29, 0.717) is 6.29 Å². The molecule has 0 heterocycles. The van der Waals surface area contributed by atoms with Crippen LogP contribution < -0.4 is 0 Å². The second-order valence-corrected chi connectivity index (χ2v) is 2.18. The van der Waals surface area contributed by atoms with Crippen LogP contribution in [0.5, 0.6) is 0 Å². The summed E-state index contributed by atoms with van der Waals surface area (Å²) in [6.07, 6.45) is 1.93. The Morgan fingerprint density at radius 3 is 2.67 bits per heavy atom. The van der Waals surface area contributed by atoms with Crippen molar-refractivity contribution in [2.45, 2.75) is 13.0 Å². The van der Waals surface area contributed by atoms with Gasteiger partial charge < -0.3 is 14.4 Å². The van der Waals surface area contributed by atoms with E-state index in [2.05, 4.69) is 11.3 Å². The number of nitrogens with zero attached hydrogens (tertiary/aromatic N) is 1. The Morgan fingerprint density at radius 1 is 1.75 bits per heavy atom. The Hall–Kier alpha value is -1.32. The fraction of sp³-hybridized carbons (Fsp3) is 0.500. The predicted molar refractivity (Wildman–Crippen MR) is 44.4 cm³/mol. The molecule has 0 aliphatic heterocycles. The van der Waals surface area contributed by atoms with Crippen LogP contribution in [0, 0.1) is 0 Å². The van der Waals surface area contributed by atoms with Gasteiger partial charge >= 0.3 is 5.97 Å². The van der Waals surface area contributed by atoms with Crippen LogP contribution in [-0.2, 0) is 14.3 Å². The Kier molecular flexibility index (Phi) is 4.76. The molecule has 1 unspecified atom stereocenters. The number of likely N-dealkylation sites (N-methyl/N-ethyl adjacent to an activating group) is 1. The van der Waals surface area contributed by atoms with Gasteiger partial charge in [0.15, 0.2) is 12.3 Å². The maximum Gasteiger partial charge on any atom is 0.336 e. The van der Waals surface area contributed by atoms with E-state index in [-0.39, 0.29) is 6.61 Å². The predicted octanol–water partition coefficient (Wildman–Crippen LogP) is 0.192. The Bertz CT molecular complexity index is 179. The number of rotatable bonds is 5. The van der Waals surface area contributed by atoms with E-state index in [1.807, 2.05) is 0 Å². The minimum Gasteiger partial charge on any atom is -0.464 e. The minimum absolute atomic E-state index is 0.272. The first-order chi connectivity index (χ1) is 5.67. The smallest absolute Gasteiger partial charge is 0.336 e. The molecule has 0 fully saturated rings. The standard InChI is InChI=1S/C8H13NO3/c1-4-9(3)7(6-10)8(11)12-5-2/h4,6-7H,1,5H2,2-3H3. The molecule has 0 aromatic rings.